The summed E-state index contributed by atoms with van der Waals surface area (Å²) in [4.78, 5) is 7.24. The quantitative estimate of drug-likeness (QED) is 0.611. The number of hydrogen-bond acceptors (Lipinski definition) is 2. The molecule has 0 atom stereocenters. The maximum absolute atomic E-state index is 13.1. The first-order valence-corrected chi connectivity index (χ1v) is 3.82. The van der Waals surface area contributed by atoms with Crippen LogP contribution in [0.2, 0.25) is 5.15 Å². The molecule has 0 aliphatic rings. The molecule has 0 aliphatic heterocycles. The second-order valence-electron chi connectivity index (χ2n) is 2.42. The van der Waals surface area contributed by atoms with E-state index >= 15 is 0 Å². The fraction of sp³-hybridized carbons (Fsp3) is 0. The molecule has 0 aliphatic carbocycles. The Morgan fingerprint density at radius 2 is 1.92 bits per heavy atom. The number of nitrogens with zero attached hydrogens (tertiary/aromatic N) is 2. The third-order valence-corrected chi connectivity index (χ3v) is 1.95. The van der Waals surface area contributed by atoms with Crippen molar-refractivity contribution in [1.82, 2.24) is 9.97 Å². The van der Waals surface area contributed by atoms with Crippen molar-refractivity contribution in [2.75, 3.05) is 0 Å². The van der Waals surface area contributed by atoms with Crippen molar-refractivity contribution in [3.05, 3.63) is 35.2 Å². The minimum absolute atomic E-state index is 0.0972. The molecular formula is C8H3ClF2N2. The van der Waals surface area contributed by atoms with E-state index in [1.807, 2.05) is 0 Å². The topological polar surface area (TPSA) is 25.8 Å². The predicted molar refractivity (Wildman–Crippen MR) is 44.5 cm³/mol. The van der Waals surface area contributed by atoms with Gasteiger partial charge in [-0.1, -0.05) is 11.6 Å². The number of rotatable bonds is 0. The van der Waals surface area contributed by atoms with E-state index < -0.39 is 11.6 Å². The Bertz CT molecular complexity index is 473. The molecule has 5 heteroatoms. The highest BCUT2D eigenvalue weighted by atomic mass is 35.5. The molecule has 1 aromatic heterocycles. The van der Waals surface area contributed by atoms with Gasteiger partial charge < -0.3 is 0 Å². The number of benzene rings is 1. The number of aromatic nitrogens is 2. The van der Waals surface area contributed by atoms with Gasteiger partial charge in [-0.3, -0.25) is 0 Å². The molecule has 0 radical (unpaired) electrons. The Morgan fingerprint density at radius 3 is 2.69 bits per heavy atom. The van der Waals surface area contributed by atoms with E-state index in [9.17, 15) is 8.78 Å². The van der Waals surface area contributed by atoms with Crippen LogP contribution in [0, 0.1) is 11.6 Å². The Kier molecular flexibility index (Phi) is 1.84. The molecule has 1 heterocycles. The van der Waals surface area contributed by atoms with Gasteiger partial charge >= 0.3 is 0 Å². The molecule has 0 amide bonds. The van der Waals surface area contributed by atoms with Crippen LogP contribution in [0.3, 0.4) is 0 Å². The van der Waals surface area contributed by atoms with Crippen LogP contribution in [0.5, 0.6) is 0 Å². The lowest BCUT2D eigenvalue weighted by Gasteiger charge is -1.99. The van der Waals surface area contributed by atoms with Crippen molar-refractivity contribution >= 4 is 22.5 Å². The van der Waals surface area contributed by atoms with Crippen molar-refractivity contribution in [2.45, 2.75) is 0 Å². The summed E-state index contributed by atoms with van der Waals surface area (Å²) in [6.07, 6.45) is 1.09. The van der Waals surface area contributed by atoms with Crippen molar-refractivity contribution < 1.29 is 8.78 Å². The molecule has 2 rings (SSSR count). The van der Waals surface area contributed by atoms with E-state index in [0.717, 1.165) is 12.4 Å². The molecule has 13 heavy (non-hydrogen) atoms. The van der Waals surface area contributed by atoms with Crippen LogP contribution < -0.4 is 0 Å². The maximum Gasteiger partial charge on any atom is 0.185 e. The van der Waals surface area contributed by atoms with Gasteiger partial charge in [0.2, 0.25) is 0 Å². The molecule has 0 unspecified atom stereocenters. The van der Waals surface area contributed by atoms with E-state index in [2.05, 4.69) is 9.97 Å². The second-order valence-corrected chi connectivity index (χ2v) is 2.78. The average Bonchev–Trinajstić information content (AvgIpc) is 2.12. The normalized spacial score (nSPS) is 10.7. The molecule has 0 N–H and O–H groups in total. The van der Waals surface area contributed by atoms with Crippen molar-refractivity contribution in [2.24, 2.45) is 0 Å². The van der Waals surface area contributed by atoms with Gasteiger partial charge in [0.1, 0.15) is 17.0 Å². The Morgan fingerprint density at radius 1 is 1.15 bits per heavy atom. The molecule has 0 saturated carbocycles. The van der Waals surface area contributed by atoms with Crippen molar-refractivity contribution in [1.29, 1.82) is 0 Å². The van der Waals surface area contributed by atoms with Gasteiger partial charge in [0.05, 0.1) is 0 Å². The highest BCUT2D eigenvalue weighted by Gasteiger charge is 2.10. The minimum Gasteiger partial charge on any atom is -0.233 e. The van der Waals surface area contributed by atoms with Crippen LogP contribution in [0.1, 0.15) is 0 Å². The van der Waals surface area contributed by atoms with Crippen LogP contribution in [-0.4, -0.2) is 9.97 Å². The van der Waals surface area contributed by atoms with E-state index in [0.29, 0.717) is 5.39 Å². The fourth-order valence-electron chi connectivity index (χ4n) is 1.04. The lowest BCUT2D eigenvalue weighted by Crippen LogP contribution is -1.91. The lowest BCUT2D eigenvalue weighted by atomic mass is 10.2. The zero-order chi connectivity index (χ0) is 9.42. The molecular weight excluding hydrogens is 198 g/mol. The maximum atomic E-state index is 13.1. The zero-order valence-electron chi connectivity index (χ0n) is 6.26. The number of hydrogen-bond donors (Lipinski definition) is 0. The Hall–Kier alpha value is -1.29. The monoisotopic (exact) mass is 200 g/mol. The molecule has 0 saturated heterocycles. The van der Waals surface area contributed by atoms with Gasteiger partial charge in [-0.15, -0.1) is 0 Å². The van der Waals surface area contributed by atoms with Gasteiger partial charge in [0.25, 0.3) is 0 Å². The van der Waals surface area contributed by atoms with Crippen LogP contribution in [0.15, 0.2) is 18.5 Å². The van der Waals surface area contributed by atoms with Crippen LogP contribution in [-0.2, 0) is 0 Å². The van der Waals surface area contributed by atoms with Gasteiger partial charge in [-0.2, -0.15) is 0 Å². The SMILES string of the molecule is Fc1ccc2c(Cl)ncnc2c1F. The first-order valence-electron chi connectivity index (χ1n) is 3.44. The fourth-order valence-corrected chi connectivity index (χ4v) is 1.24. The number of halogens is 3. The third-order valence-electron chi connectivity index (χ3n) is 1.65. The van der Waals surface area contributed by atoms with Crippen LogP contribution >= 0.6 is 11.6 Å². The van der Waals surface area contributed by atoms with Gasteiger partial charge in [0.15, 0.2) is 11.6 Å². The largest absolute Gasteiger partial charge is 0.233 e. The molecule has 1 aromatic carbocycles. The minimum atomic E-state index is -0.998. The second kappa shape index (κ2) is 2.88. The smallest absolute Gasteiger partial charge is 0.185 e. The van der Waals surface area contributed by atoms with Crippen LogP contribution in [0.25, 0.3) is 10.9 Å². The molecule has 2 aromatic rings. The highest BCUT2D eigenvalue weighted by Crippen LogP contribution is 2.22. The van der Waals surface area contributed by atoms with E-state index in [-0.39, 0.29) is 10.7 Å². The summed E-state index contributed by atoms with van der Waals surface area (Å²) in [6, 6.07) is 2.34. The van der Waals surface area contributed by atoms with E-state index in [1.165, 1.54) is 6.07 Å². The van der Waals surface area contributed by atoms with Gasteiger partial charge in [0, 0.05) is 5.39 Å². The van der Waals surface area contributed by atoms with E-state index in [4.69, 9.17) is 11.6 Å². The summed E-state index contributed by atoms with van der Waals surface area (Å²) in [6.45, 7) is 0. The summed E-state index contributed by atoms with van der Waals surface area (Å²) >= 11 is 5.64. The first kappa shape index (κ1) is 8.31. The lowest BCUT2D eigenvalue weighted by molar-refractivity contribution is 0.515. The van der Waals surface area contributed by atoms with Crippen molar-refractivity contribution in [3.8, 4) is 0 Å². The summed E-state index contributed by atoms with van der Waals surface area (Å²) in [5.74, 6) is -1.94. The zero-order valence-corrected chi connectivity index (χ0v) is 7.02. The van der Waals surface area contributed by atoms with Crippen LogP contribution in [0.4, 0.5) is 8.78 Å². The molecule has 0 fully saturated rings. The van der Waals surface area contributed by atoms with Gasteiger partial charge in [-0.05, 0) is 12.1 Å². The average molecular weight is 201 g/mol. The standard InChI is InChI=1S/C8H3ClF2N2/c9-8-4-1-2-5(10)6(11)7(4)12-3-13-8/h1-3H. The molecule has 2 nitrogen and oxygen atoms in total. The van der Waals surface area contributed by atoms with E-state index in [1.54, 1.807) is 0 Å². The Balaban J connectivity index is 2.94. The summed E-state index contributed by atoms with van der Waals surface area (Å²) < 4.78 is 25.8. The summed E-state index contributed by atoms with van der Waals surface area (Å²) in [7, 11) is 0. The molecule has 66 valence electrons. The number of fused-ring (bicyclic) bond motifs is 1. The highest BCUT2D eigenvalue weighted by molar-refractivity contribution is 6.34. The molecule has 0 bridgehead atoms. The predicted octanol–water partition coefficient (Wildman–Crippen LogP) is 2.56. The summed E-state index contributed by atoms with van der Waals surface area (Å²) in [5, 5.41) is 0.423. The third kappa shape index (κ3) is 1.23. The van der Waals surface area contributed by atoms with Gasteiger partial charge in [-0.25, -0.2) is 18.7 Å². The summed E-state index contributed by atoms with van der Waals surface area (Å²) in [5.41, 5.74) is -0.0972. The van der Waals surface area contributed by atoms with Crippen molar-refractivity contribution in [3.63, 3.8) is 0 Å². The first-order chi connectivity index (χ1) is 6.20. The molecule has 0 spiro atoms. The Labute approximate surface area is 77.2 Å².